The van der Waals surface area contributed by atoms with Gasteiger partial charge in [-0.3, -0.25) is 9.48 Å². The van der Waals surface area contributed by atoms with Crippen molar-refractivity contribution in [1.82, 2.24) is 15.1 Å². The minimum absolute atomic E-state index is 0.0117. The fourth-order valence-electron chi connectivity index (χ4n) is 3.30. The average Bonchev–Trinajstić information content (AvgIpc) is 2.90. The molecule has 1 fully saturated rings. The minimum atomic E-state index is -0.107. The zero-order valence-electron chi connectivity index (χ0n) is 13.3. The van der Waals surface area contributed by atoms with Crippen LogP contribution in [0, 0.1) is 5.92 Å². The maximum absolute atomic E-state index is 12.7. The van der Waals surface area contributed by atoms with Gasteiger partial charge in [0.25, 0.3) is 5.91 Å². The summed E-state index contributed by atoms with van der Waals surface area (Å²) in [7, 11) is 0. The molecule has 0 spiro atoms. The maximum Gasteiger partial charge on any atom is 0.270 e. The van der Waals surface area contributed by atoms with Crippen LogP contribution < -0.4 is 5.32 Å². The molecule has 0 radical (unpaired) electrons. The summed E-state index contributed by atoms with van der Waals surface area (Å²) in [5.74, 6) is 0.677. The second-order valence-electron chi connectivity index (χ2n) is 6.26. The first-order chi connectivity index (χ1) is 10.0. The van der Waals surface area contributed by atoms with E-state index in [-0.39, 0.29) is 11.4 Å². The van der Waals surface area contributed by atoms with E-state index >= 15 is 0 Å². The van der Waals surface area contributed by atoms with Crippen LogP contribution in [-0.4, -0.2) is 26.6 Å². The molecule has 118 valence electrons. The summed E-state index contributed by atoms with van der Waals surface area (Å²) >= 11 is 3.61. The molecule has 1 amide bonds. The molecule has 4 nitrogen and oxygen atoms in total. The molecular weight excluding hydrogens is 330 g/mol. The summed E-state index contributed by atoms with van der Waals surface area (Å²) in [4.78, 5) is 12.7. The highest BCUT2D eigenvalue weighted by Crippen LogP contribution is 2.33. The molecular formula is C16H26BrN3O. The Morgan fingerprint density at radius 3 is 2.90 bits per heavy atom. The van der Waals surface area contributed by atoms with Gasteiger partial charge in [0.15, 0.2) is 0 Å². The number of halogens is 1. The van der Waals surface area contributed by atoms with Gasteiger partial charge in [0.05, 0.1) is 11.2 Å². The number of aryl methyl sites for hydroxylation is 2. The van der Waals surface area contributed by atoms with Gasteiger partial charge in [-0.2, -0.15) is 5.10 Å². The van der Waals surface area contributed by atoms with Gasteiger partial charge in [-0.05, 0) is 38.2 Å². The molecule has 1 aromatic heterocycles. The molecule has 2 rings (SSSR count). The van der Waals surface area contributed by atoms with Crippen molar-refractivity contribution in [3.8, 4) is 0 Å². The second kappa shape index (κ2) is 6.95. The fraction of sp³-hybridized carbons (Fsp3) is 0.750. The van der Waals surface area contributed by atoms with Gasteiger partial charge in [0.2, 0.25) is 0 Å². The summed E-state index contributed by atoms with van der Waals surface area (Å²) < 4.78 is 1.81. The maximum atomic E-state index is 12.7. The highest BCUT2D eigenvalue weighted by molar-refractivity contribution is 9.09. The van der Waals surface area contributed by atoms with E-state index in [0.717, 1.165) is 36.8 Å². The van der Waals surface area contributed by atoms with Crippen LogP contribution in [0.1, 0.15) is 62.6 Å². The van der Waals surface area contributed by atoms with Crippen molar-refractivity contribution >= 4 is 21.8 Å². The molecule has 1 saturated carbocycles. The highest BCUT2D eigenvalue weighted by atomic mass is 79.9. The lowest BCUT2D eigenvalue weighted by molar-refractivity contribution is 0.0858. The lowest BCUT2D eigenvalue weighted by Crippen LogP contribution is -2.52. The number of rotatable bonds is 5. The van der Waals surface area contributed by atoms with E-state index in [9.17, 15) is 4.79 Å². The summed E-state index contributed by atoms with van der Waals surface area (Å²) in [6.07, 6.45) is 5.39. The summed E-state index contributed by atoms with van der Waals surface area (Å²) in [6.45, 7) is 7.08. The van der Waals surface area contributed by atoms with Crippen LogP contribution >= 0.6 is 15.9 Å². The van der Waals surface area contributed by atoms with Crippen LogP contribution in [0.25, 0.3) is 0 Å². The average molecular weight is 356 g/mol. The SMILES string of the molecule is CCc1cc(C(=O)NC2(CBr)CCCC(C)C2)n(CC)n1. The lowest BCUT2D eigenvalue weighted by atomic mass is 9.77. The molecule has 1 heterocycles. The highest BCUT2D eigenvalue weighted by Gasteiger charge is 2.36. The van der Waals surface area contributed by atoms with Crippen molar-refractivity contribution in [3.63, 3.8) is 0 Å². The first-order valence-electron chi connectivity index (χ1n) is 7.98. The second-order valence-corrected chi connectivity index (χ2v) is 6.82. The molecule has 1 N–H and O–H groups in total. The van der Waals surface area contributed by atoms with E-state index in [2.05, 4.69) is 40.2 Å². The molecule has 21 heavy (non-hydrogen) atoms. The third-order valence-electron chi connectivity index (χ3n) is 4.45. The Labute approximate surface area is 135 Å². The Balaban J connectivity index is 2.17. The van der Waals surface area contributed by atoms with Crippen molar-refractivity contribution < 1.29 is 4.79 Å². The summed E-state index contributed by atoms with van der Waals surface area (Å²) in [6, 6.07) is 1.92. The number of nitrogens with zero attached hydrogens (tertiary/aromatic N) is 2. The van der Waals surface area contributed by atoms with Crippen LogP contribution in [0.4, 0.5) is 0 Å². The molecule has 5 heteroatoms. The van der Waals surface area contributed by atoms with Crippen LogP contribution in [0.2, 0.25) is 0 Å². The molecule has 2 atom stereocenters. The number of hydrogen-bond acceptors (Lipinski definition) is 2. The molecule has 0 aliphatic heterocycles. The third-order valence-corrected chi connectivity index (χ3v) is 5.52. The summed E-state index contributed by atoms with van der Waals surface area (Å²) in [5.41, 5.74) is 1.56. The van der Waals surface area contributed by atoms with Crippen molar-refractivity contribution in [2.75, 3.05) is 5.33 Å². The number of carbonyl (C=O) groups excluding carboxylic acids is 1. The lowest BCUT2D eigenvalue weighted by Gasteiger charge is -2.39. The van der Waals surface area contributed by atoms with E-state index in [1.165, 1.54) is 12.8 Å². The molecule has 2 unspecified atom stereocenters. The molecule has 1 aromatic rings. The molecule has 1 aliphatic carbocycles. The topological polar surface area (TPSA) is 46.9 Å². The van der Waals surface area contributed by atoms with Gasteiger partial charge in [-0.25, -0.2) is 0 Å². The predicted molar refractivity (Wildman–Crippen MR) is 88.9 cm³/mol. The standard InChI is InChI=1S/C16H26BrN3O/c1-4-13-9-14(20(5-2)19-13)15(21)18-16(11-17)8-6-7-12(3)10-16/h9,12H,4-8,10-11H2,1-3H3,(H,18,21). The Morgan fingerprint density at radius 2 is 2.33 bits per heavy atom. The number of carbonyl (C=O) groups is 1. The first-order valence-corrected chi connectivity index (χ1v) is 9.11. The van der Waals surface area contributed by atoms with Gasteiger partial charge >= 0.3 is 0 Å². The van der Waals surface area contributed by atoms with E-state index < -0.39 is 0 Å². The monoisotopic (exact) mass is 355 g/mol. The number of amides is 1. The fourth-order valence-corrected chi connectivity index (χ4v) is 3.95. The summed E-state index contributed by atoms with van der Waals surface area (Å²) in [5, 5.41) is 8.58. The molecule has 1 aliphatic rings. The van der Waals surface area contributed by atoms with Crippen LogP contribution in [0.5, 0.6) is 0 Å². The number of alkyl halides is 1. The van der Waals surface area contributed by atoms with E-state index in [0.29, 0.717) is 11.6 Å². The molecule has 0 saturated heterocycles. The van der Waals surface area contributed by atoms with Gasteiger partial charge < -0.3 is 5.32 Å². The van der Waals surface area contributed by atoms with Crippen LogP contribution in [-0.2, 0) is 13.0 Å². The van der Waals surface area contributed by atoms with E-state index in [4.69, 9.17) is 0 Å². The van der Waals surface area contributed by atoms with E-state index in [1.54, 1.807) is 0 Å². The van der Waals surface area contributed by atoms with Crippen molar-refractivity contribution in [2.24, 2.45) is 5.92 Å². The normalized spacial score (nSPS) is 25.8. The Morgan fingerprint density at radius 1 is 1.57 bits per heavy atom. The number of hydrogen-bond donors (Lipinski definition) is 1. The zero-order valence-corrected chi connectivity index (χ0v) is 14.9. The quantitative estimate of drug-likeness (QED) is 0.821. The van der Waals surface area contributed by atoms with Gasteiger partial charge in [-0.15, -0.1) is 0 Å². The number of nitrogens with one attached hydrogen (secondary N) is 1. The van der Waals surface area contributed by atoms with E-state index in [1.807, 2.05) is 17.7 Å². The molecule has 0 aromatic carbocycles. The largest absolute Gasteiger partial charge is 0.344 e. The third kappa shape index (κ3) is 3.68. The van der Waals surface area contributed by atoms with Crippen molar-refractivity contribution in [1.29, 1.82) is 0 Å². The van der Waals surface area contributed by atoms with Crippen LogP contribution in [0.3, 0.4) is 0 Å². The Hall–Kier alpha value is -0.840. The van der Waals surface area contributed by atoms with Gasteiger partial charge in [-0.1, -0.05) is 42.6 Å². The zero-order chi connectivity index (χ0) is 15.5. The van der Waals surface area contributed by atoms with Crippen molar-refractivity contribution in [3.05, 3.63) is 17.5 Å². The van der Waals surface area contributed by atoms with Gasteiger partial charge in [0, 0.05) is 11.9 Å². The van der Waals surface area contributed by atoms with Gasteiger partial charge in [0.1, 0.15) is 5.69 Å². The van der Waals surface area contributed by atoms with Crippen molar-refractivity contribution in [2.45, 2.75) is 65.0 Å². The molecule has 0 bridgehead atoms. The smallest absolute Gasteiger partial charge is 0.270 e. The van der Waals surface area contributed by atoms with Crippen LogP contribution in [0.15, 0.2) is 6.07 Å². The number of aromatic nitrogens is 2. The Kier molecular flexibility index (Phi) is 5.47. The minimum Gasteiger partial charge on any atom is -0.344 e. The first kappa shape index (κ1) is 16.5. The Bertz CT molecular complexity index is 500. The predicted octanol–water partition coefficient (Wildman–Crippen LogP) is 3.54.